The largest absolute Gasteiger partial charge is 0.494 e. The summed E-state index contributed by atoms with van der Waals surface area (Å²) < 4.78 is 23.6. The molecule has 0 amide bonds. The molecule has 8 bridgehead atoms. The van der Waals surface area contributed by atoms with E-state index in [-0.39, 0.29) is 0 Å². The van der Waals surface area contributed by atoms with Gasteiger partial charge < -0.3 is 18.9 Å². The fourth-order valence-corrected chi connectivity index (χ4v) is 3.90. The van der Waals surface area contributed by atoms with Gasteiger partial charge in [-0.25, -0.2) is 9.97 Å². The number of hydrogen-bond acceptors (Lipinski definition) is 6. The fourth-order valence-electron chi connectivity index (χ4n) is 3.90. The van der Waals surface area contributed by atoms with Gasteiger partial charge in [-0.15, -0.1) is 0 Å². The van der Waals surface area contributed by atoms with Crippen LogP contribution in [-0.4, -0.2) is 23.2 Å². The standard InChI is InChI=1S/C30H30N2O4/c1-2-18-36-28-15-11-24(12-16-28)20-34-22-26-6-4-8-30(32-26)29-7-3-5-25(31-29)21-33-19-23-9-13-27(14-10-23)35-17-1/h3-16H,1-2,17-22H2. The highest BCUT2D eigenvalue weighted by Gasteiger charge is 2.06. The Labute approximate surface area is 211 Å². The lowest BCUT2D eigenvalue weighted by Gasteiger charge is -2.10. The van der Waals surface area contributed by atoms with Crippen molar-refractivity contribution in [2.75, 3.05) is 13.2 Å². The average Bonchev–Trinajstić information content (AvgIpc) is 2.92. The second-order valence-electron chi connectivity index (χ2n) is 8.71. The molecular formula is C30H30N2O4. The lowest BCUT2D eigenvalue weighted by molar-refractivity contribution is 0.104. The van der Waals surface area contributed by atoms with Gasteiger partial charge in [0.15, 0.2) is 0 Å². The number of hydrogen-bond donors (Lipinski definition) is 0. The molecule has 0 saturated heterocycles. The highest BCUT2D eigenvalue weighted by Crippen LogP contribution is 2.19. The molecule has 36 heavy (non-hydrogen) atoms. The Balaban J connectivity index is 1.30. The second-order valence-corrected chi connectivity index (χ2v) is 8.71. The molecular weight excluding hydrogens is 452 g/mol. The molecule has 7 rings (SSSR count). The first-order valence-electron chi connectivity index (χ1n) is 12.3. The molecule has 2 aromatic heterocycles. The van der Waals surface area contributed by atoms with Crippen molar-refractivity contribution in [3.05, 3.63) is 107 Å². The molecule has 6 heteroatoms. The van der Waals surface area contributed by atoms with Gasteiger partial charge in [0.1, 0.15) is 11.5 Å². The lowest BCUT2D eigenvalue weighted by atomic mass is 10.2. The molecule has 0 radical (unpaired) electrons. The van der Waals surface area contributed by atoms with Crippen LogP contribution in [0.4, 0.5) is 0 Å². The van der Waals surface area contributed by atoms with Gasteiger partial charge in [-0.3, -0.25) is 0 Å². The Morgan fingerprint density at radius 3 is 1.36 bits per heavy atom. The quantitative estimate of drug-likeness (QED) is 0.301. The zero-order valence-electron chi connectivity index (χ0n) is 20.3. The number of rotatable bonds is 0. The first-order chi connectivity index (χ1) is 17.8. The zero-order valence-corrected chi connectivity index (χ0v) is 20.3. The van der Waals surface area contributed by atoms with E-state index in [0.29, 0.717) is 39.6 Å². The second kappa shape index (κ2) is 12.3. The van der Waals surface area contributed by atoms with Crippen molar-refractivity contribution in [1.82, 2.24) is 9.97 Å². The molecule has 3 aliphatic rings. The van der Waals surface area contributed by atoms with Gasteiger partial charge in [0.2, 0.25) is 0 Å². The third kappa shape index (κ3) is 6.90. The average molecular weight is 483 g/mol. The van der Waals surface area contributed by atoms with Gasteiger partial charge in [-0.2, -0.15) is 0 Å². The number of nitrogens with zero attached hydrogens (tertiary/aromatic N) is 2. The summed E-state index contributed by atoms with van der Waals surface area (Å²) in [6.45, 7) is 3.19. The molecule has 0 aliphatic carbocycles. The van der Waals surface area contributed by atoms with E-state index in [2.05, 4.69) is 0 Å². The highest BCUT2D eigenvalue weighted by atomic mass is 16.5. The summed E-state index contributed by atoms with van der Waals surface area (Å²) >= 11 is 0. The Hall–Kier alpha value is -3.74. The van der Waals surface area contributed by atoms with Crippen LogP contribution in [0.15, 0.2) is 84.9 Å². The Morgan fingerprint density at radius 2 is 0.917 bits per heavy atom. The summed E-state index contributed by atoms with van der Waals surface area (Å²) in [5.41, 5.74) is 5.55. The SMILES string of the molecule is c1cc2nc(c1)-c1cccc(n1)COCc1ccc(cc1)OCCCCOc1ccc(cc1)COC2. The molecule has 0 unspecified atom stereocenters. The smallest absolute Gasteiger partial charge is 0.119 e. The van der Waals surface area contributed by atoms with Crippen LogP contribution in [0.25, 0.3) is 11.4 Å². The van der Waals surface area contributed by atoms with Crippen LogP contribution >= 0.6 is 0 Å². The predicted octanol–water partition coefficient (Wildman–Crippen LogP) is 6.13. The third-order valence-corrected chi connectivity index (χ3v) is 5.84. The van der Waals surface area contributed by atoms with Gasteiger partial charge in [-0.05, 0) is 72.5 Å². The molecule has 184 valence electrons. The summed E-state index contributed by atoms with van der Waals surface area (Å²) in [6, 6.07) is 27.9. The van der Waals surface area contributed by atoms with Gasteiger partial charge in [-0.1, -0.05) is 36.4 Å². The summed E-state index contributed by atoms with van der Waals surface area (Å²) in [7, 11) is 0. The highest BCUT2D eigenvalue weighted by molar-refractivity contribution is 5.54. The molecule has 5 heterocycles. The van der Waals surface area contributed by atoms with Crippen molar-refractivity contribution in [1.29, 1.82) is 0 Å². The summed E-state index contributed by atoms with van der Waals surface area (Å²) in [5, 5.41) is 0. The third-order valence-electron chi connectivity index (χ3n) is 5.84. The monoisotopic (exact) mass is 482 g/mol. The van der Waals surface area contributed by atoms with E-state index < -0.39 is 0 Å². The Bertz CT molecular complexity index is 1140. The predicted molar refractivity (Wildman–Crippen MR) is 138 cm³/mol. The van der Waals surface area contributed by atoms with E-state index in [1.54, 1.807) is 0 Å². The maximum absolute atomic E-state index is 5.92. The summed E-state index contributed by atoms with van der Waals surface area (Å²) in [4.78, 5) is 9.51. The molecule has 0 N–H and O–H groups in total. The van der Waals surface area contributed by atoms with Crippen LogP contribution in [0, 0.1) is 0 Å². The van der Waals surface area contributed by atoms with E-state index in [1.807, 2.05) is 84.9 Å². The molecule has 2 aromatic carbocycles. The van der Waals surface area contributed by atoms with E-state index in [1.165, 1.54) is 0 Å². The van der Waals surface area contributed by atoms with Crippen molar-refractivity contribution in [3.8, 4) is 22.9 Å². The van der Waals surface area contributed by atoms with Gasteiger partial charge in [0.05, 0.1) is 62.4 Å². The van der Waals surface area contributed by atoms with Gasteiger partial charge in [0, 0.05) is 0 Å². The zero-order chi connectivity index (χ0) is 24.4. The maximum atomic E-state index is 5.92. The van der Waals surface area contributed by atoms with Crippen molar-refractivity contribution in [2.45, 2.75) is 39.3 Å². The Kier molecular flexibility index (Phi) is 8.19. The minimum Gasteiger partial charge on any atom is -0.494 e. The van der Waals surface area contributed by atoms with Gasteiger partial charge in [0.25, 0.3) is 0 Å². The molecule has 0 fully saturated rings. The lowest BCUT2D eigenvalue weighted by Crippen LogP contribution is -2.03. The first-order valence-corrected chi connectivity index (χ1v) is 12.3. The number of fused-ring (bicyclic) bond motifs is 2. The van der Waals surface area contributed by atoms with Crippen molar-refractivity contribution >= 4 is 0 Å². The van der Waals surface area contributed by atoms with E-state index in [4.69, 9.17) is 28.9 Å². The molecule has 0 saturated carbocycles. The normalized spacial score (nSPS) is 15.1. The fraction of sp³-hybridized carbons (Fsp3) is 0.267. The number of pyridine rings is 2. The van der Waals surface area contributed by atoms with Crippen LogP contribution in [0.3, 0.4) is 0 Å². The van der Waals surface area contributed by atoms with E-state index in [9.17, 15) is 0 Å². The number of ether oxygens (including phenoxy) is 4. The molecule has 3 aliphatic heterocycles. The van der Waals surface area contributed by atoms with Crippen LogP contribution in [-0.2, 0) is 35.9 Å². The topological polar surface area (TPSA) is 62.7 Å². The van der Waals surface area contributed by atoms with Crippen LogP contribution < -0.4 is 9.47 Å². The van der Waals surface area contributed by atoms with E-state index >= 15 is 0 Å². The van der Waals surface area contributed by atoms with Crippen LogP contribution in [0.2, 0.25) is 0 Å². The summed E-state index contributed by atoms with van der Waals surface area (Å²) in [5.74, 6) is 1.73. The maximum Gasteiger partial charge on any atom is 0.119 e. The number of aromatic nitrogens is 2. The molecule has 4 aromatic rings. The van der Waals surface area contributed by atoms with E-state index in [0.717, 1.165) is 58.2 Å². The van der Waals surface area contributed by atoms with Crippen molar-refractivity contribution in [2.24, 2.45) is 0 Å². The first kappa shape index (κ1) is 24.0. The minimum absolute atomic E-state index is 0.426. The van der Waals surface area contributed by atoms with Crippen molar-refractivity contribution < 1.29 is 18.9 Å². The van der Waals surface area contributed by atoms with Crippen LogP contribution in [0.5, 0.6) is 11.5 Å². The Morgan fingerprint density at radius 1 is 0.472 bits per heavy atom. The molecule has 0 spiro atoms. The molecule has 6 nitrogen and oxygen atoms in total. The molecule has 0 atom stereocenters. The minimum atomic E-state index is 0.426. The summed E-state index contributed by atoms with van der Waals surface area (Å²) in [6.07, 6.45) is 1.86. The van der Waals surface area contributed by atoms with Gasteiger partial charge >= 0.3 is 0 Å². The number of benzene rings is 2. The van der Waals surface area contributed by atoms with Crippen LogP contribution in [0.1, 0.15) is 35.4 Å². The van der Waals surface area contributed by atoms with Crippen molar-refractivity contribution in [3.63, 3.8) is 0 Å².